The van der Waals surface area contributed by atoms with E-state index >= 15 is 0 Å². The van der Waals surface area contributed by atoms with Crippen LogP contribution in [0.4, 0.5) is 0 Å². The van der Waals surface area contributed by atoms with Crippen LogP contribution in [-0.2, 0) is 19.9 Å². The Hall–Kier alpha value is -1.27. The van der Waals surface area contributed by atoms with Gasteiger partial charge in [-0.25, -0.2) is 0 Å². The normalized spacial score (nSPS) is 12.9. The molecule has 0 radical (unpaired) electrons. The highest BCUT2D eigenvalue weighted by Gasteiger charge is 2.14. The molecule has 6 heteroatoms. The number of nitrogens with two attached hydrogens (primary N) is 1. The van der Waals surface area contributed by atoms with E-state index in [0.717, 1.165) is 29.8 Å². The molecule has 0 aliphatic heterocycles. The standard InChI is InChI=1S/C11H17N5S/c1-3-10-11(17-15-14-10)9(12)5-4-8-6-7-13-16(8)2/h6-7,9H,3-5,12H2,1-2H3. The maximum atomic E-state index is 6.18. The van der Waals surface area contributed by atoms with E-state index in [1.54, 1.807) is 0 Å². The Morgan fingerprint density at radius 2 is 2.35 bits per heavy atom. The average molecular weight is 251 g/mol. The van der Waals surface area contributed by atoms with Gasteiger partial charge in [0.15, 0.2) is 0 Å². The van der Waals surface area contributed by atoms with Gasteiger partial charge in [0.25, 0.3) is 0 Å². The van der Waals surface area contributed by atoms with Crippen molar-refractivity contribution in [2.75, 3.05) is 0 Å². The van der Waals surface area contributed by atoms with Crippen LogP contribution in [0.25, 0.3) is 0 Å². The molecule has 2 heterocycles. The minimum Gasteiger partial charge on any atom is -0.323 e. The summed E-state index contributed by atoms with van der Waals surface area (Å²) in [5.41, 5.74) is 8.42. The monoisotopic (exact) mass is 251 g/mol. The quantitative estimate of drug-likeness (QED) is 0.873. The van der Waals surface area contributed by atoms with Gasteiger partial charge in [-0.1, -0.05) is 11.4 Å². The Balaban J connectivity index is 1.98. The molecular weight excluding hydrogens is 234 g/mol. The van der Waals surface area contributed by atoms with E-state index in [-0.39, 0.29) is 6.04 Å². The lowest BCUT2D eigenvalue weighted by Crippen LogP contribution is -2.12. The van der Waals surface area contributed by atoms with Crippen molar-refractivity contribution in [3.8, 4) is 0 Å². The summed E-state index contributed by atoms with van der Waals surface area (Å²) in [6.45, 7) is 2.08. The maximum absolute atomic E-state index is 6.18. The fourth-order valence-corrected chi connectivity index (χ4v) is 2.59. The van der Waals surface area contributed by atoms with Crippen molar-refractivity contribution in [1.82, 2.24) is 19.4 Å². The van der Waals surface area contributed by atoms with E-state index in [0.29, 0.717) is 0 Å². The molecule has 1 atom stereocenters. The lowest BCUT2D eigenvalue weighted by atomic mass is 10.1. The summed E-state index contributed by atoms with van der Waals surface area (Å²) >= 11 is 1.42. The highest BCUT2D eigenvalue weighted by atomic mass is 32.1. The number of aromatic nitrogens is 4. The van der Waals surface area contributed by atoms with Gasteiger partial charge in [-0.05, 0) is 36.9 Å². The smallest absolute Gasteiger partial charge is 0.0800 e. The molecule has 0 aromatic carbocycles. The molecule has 0 spiro atoms. The number of hydrogen-bond donors (Lipinski definition) is 1. The molecule has 0 fully saturated rings. The van der Waals surface area contributed by atoms with Crippen LogP contribution in [0.2, 0.25) is 0 Å². The third-order valence-electron chi connectivity index (χ3n) is 2.89. The van der Waals surface area contributed by atoms with Crippen LogP contribution in [0.1, 0.15) is 35.7 Å². The van der Waals surface area contributed by atoms with Gasteiger partial charge in [0.1, 0.15) is 0 Å². The summed E-state index contributed by atoms with van der Waals surface area (Å²) in [5.74, 6) is 0. The minimum atomic E-state index is 0.0276. The molecule has 0 saturated carbocycles. The molecule has 5 nitrogen and oxygen atoms in total. The molecule has 2 aromatic rings. The minimum absolute atomic E-state index is 0.0276. The number of hydrogen-bond acceptors (Lipinski definition) is 5. The van der Waals surface area contributed by atoms with Gasteiger partial charge >= 0.3 is 0 Å². The Morgan fingerprint density at radius 3 is 3.00 bits per heavy atom. The fourth-order valence-electron chi connectivity index (χ4n) is 1.82. The zero-order valence-electron chi connectivity index (χ0n) is 10.1. The van der Waals surface area contributed by atoms with Gasteiger partial charge in [0, 0.05) is 25.0 Å². The van der Waals surface area contributed by atoms with E-state index in [2.05, 4.69) is 21.6 Å². The van der Waals surface area contributed by atoms with Gasteiger partial charge in [0.05, 0.1) is 10.6 Å². The molecule has 1 unspecified atom stereocenters. The van der Waals surface area contributed by atoms with Crippen molar-refractivity contribution in [2.24, 2.45) is 12.8 Å². The molecule has 2 rings (SSSR count). The predicted octanol–water partition coefficient (Wildman–Crippen LogP) is 1.47. The number of rotatable bonds is 5. The maximum Gasteiger partial charge on any atom is 0.0800 e. The first-order valence-electron chi connectivity index (χ1n) is 5.76. The second-order valence-corrected chi connectivity index (χ2v) is 4.81. The molecule has 0 saturated heterocycles. The fraction of sp³-hybridized carbons (Fsp3) is 0.545. The third kappa shape index (κ3) is 2.70. The first-order chi connectivity index (χ1) is 8.22. The second kappa shape index (κ2) is 5.37. The highest BCUT2D eigenvalue weighted by molar-refractivity contribution is 7.05. The van der Waals surface area contributed by atoms with Crippen LogP contribution in [0.15, 0.2) is 12.3 Å². The third-order valence-corrected chi connectivity index (χ3v) is 3.79. The lowest BCUT2D eigenvalue weighted by Gasteiger charge is -2.10. The molecule has 92 valence electrons. The largest absolute Gasteiger partial charge is 0.323 e. The van der Waals surface area contributed by atoms with Crippen LogP contribution >= 0.6 is 11.5 Å². The van der Waals surface area contributed by atoms with Crippen LogP contribution < -0.4 is 5.73 Å². The molecule has 0 bridgehead atoms. The summed E-state index contributed by atoms with van der Waals surface area (Å²) in [6.07, 6.45) is 4.53. The summed E-state index contributed by atoms with van der Waals surface area (Å²) in [4.78, 5) is 1.12. The average Bonchev–Trinajstić information content (AvgIpc) is 2.94. The molecule has 2 aromatic heterocycles. The van der Waals surface area contributed by atoms with Gasteiger partial charge in [-0.3, -0.25) is 4.68 Å². The Kier molecular flexibility index (Phi) is 3.86. The molecular formula is C11H17N5S. The van der Waals surface area contributed by atoms with Crippen molar-refractivity contribution in [1.29, 1.82) is 0 Å². The summed E-state index contributed by atoms with van der Waals surface area (Å²) < 4.78 is 5.86. The van der Waals surface area contributed by atoms with Crippen molar-refractivity contribution in [2.45, 2.75) is 32.2 Å². The first kappa shape index (κ1) is 12.2. The zero-order chi connectivity index (χ0) is 12.3. The Labute approximate surface area is 105 Å². The van der Waals surface area contributed by atoms with E-state index in [9.17, 15) is 0 Å². The van der Waals surface area contributed by atoms with Gasteiger partial charge in [-0.15, -0.1) is 5.10 Å². The van der Waals surface area contributed by atoms with Crippen LogP contribution in [0.5, 0.6) is 0 Å². The second-order valence-electron chi connectivity index (χ2n) is 4.03. The Morgan fingerprint density at radius 1 is 1.53 bits per heavy atom. The SMILES string of the molecule is CCc1nnsc1C(N)CCc1ccnn1C. The van der Waals surface area contributed by atoms with E-state index in [1.807, 2.05) is 24.0 Å². The zero-order valence-corrected chi connectivity index (χ0v) is 10.9. The van der Waals surface area contributed by atoms with Crippen LogP contribution in [-0.4, -0.2) is 19.4 Å². The molecule has 0 aliphatic carbocycles. The van der Waals surface area contributed by atoms with Crippen molar-refractivity contribution in [3.05, 3.63) is 28.5 Å². The van der Waals surface area contributed by atoms with Crippen molar-refractivity contribution >= 4 is 11.5 Å². The molecule has 0 aliphatic rings. The van der Waals surface area contributed by atoms with Crippen molar-refractivity contribution in [3.63, 3.8) is 0 Å². The lowest BCUT2D eigenvalue weighted by molar-refractivity contribution is 0.616. The van der Waals surface area contributed by atoms with Crippen LogP contribution in [0, 0.1) is 0 Å². The van der Waals surface area contributed by atoms with Gasteiger partial charge < -0.3 is 5.73 Å². The highest BCUT2D eigenvalue weighted by Crippen LogP contribution is 2.22. The number of aryl methyl sites for hydroxylation is 3. The molecule has 0 amide bonds. The van der Waals surface area contributed by atoms with E-state index in [4.69, 9.17) is 5.73 Å². The number of nitrogens with zero attached hydrogens (tertiary/aromatic N) is 4. The first-order valence-corrected chi connectivity index (χ1v) is 6.53. The summed E-state index contributed by atoms with van der Waals surface area (Å²) in [5, 5.41) is 8.23. The van der Waals surface area contributed by atoms with Gasteiger partial charge in [-0.2, -0.15) is 5.10 Å². The van der Waals surface area contributed by atoms with Crippen LogP contribution in [0.3, 0.4) is 0 Å². The predicted molar refractivity (Wildman–Crippen MR) is 67.7 cm³/mol. The summed E-state index contributed by atoms with van der Waals surface area (Å²) in [6, 6.07) is 2.05. The van der Waals surface area contributed by atoms with Crippen molar-refractivity contribution < 1.29 is 0 Å². The van der Waals surface area contributed by atoms with Gasteiger partial charge in [0.2, 0.25) is 0 Å². The topological polar surface area (TPSA) is 69.6 Å². The molecule has 17 heavy (non-hydrogen) atoms. The Bertz CT molecular complexity index is 476. The molecule has 2 N–H and O–H groups in total. The van der Waals surface area contributed by atoms with E-state index < -0.39 is 0 Å². The summed E-state index contributed by atoms with van der Waals surface area (Å²) in [7, 11) is 1.95. The van der Waals surface area contributed by atoms with E-state index in [1.165, 1.54) is 17.2 Å².